The van der Waals surface area contributed by atoms with Crippen LogP contribution in [0.5, 0.6) is 0 Å². The minimum absolute atomic E-state index is 0.00750. The number of carbonyl (C=O) groups is 3. The second kappa shape index (κ2) is 7.61. The Bertz CT molecular complexity index is 931. The summed E-state index contributed by atoms with van der Waals surface area (Å²) in [5, 5.41) is 0. The number of carbonyl (C=O) groups excluding carboxylic acids is 3. The van der Waals surface area contributed by atoms with E-state index in [9.17, 15) is 14.4 Å². The fraction of sp³-hybridized carbons (Fsp3) is 0.348. The summed E-state index contributed by atoms with van der Waals surface area (Å²) in [4.78, 5) is 39.9. The van der Waals surface area contributed by atoms with Gasteiger partial charge in [0, 0.05) is 47.5 Å². The van der Waals surface area contributed by atoms with Gasteiger partial charge in [0.1, 0.15) is 5.78 Å². The average molecular weight is 536 g/mol. The molecule has 156 valence electrons. The highest BCUT2D eigenvalue weighted by atomic mass is 79.9. The van der Waals surface area contributed by atoms with E-state index in [0.717, 1.165) is 20.1 Å². The highest BCUT2D eigenvalue weighted by Crippen LogP contribution is 2.57. The normalized spacial score (nSPS) is 25.0. The molecule has 0 radical (unpaired) electrons. The maximum absolute atomic E-state index is 13.6. The van der Waals surface area contributed by atoms with Gasteiger partial charge in [0.05, 0.1) is 0 Å². The van der Waals surface area contributed by atoms with Crippen LogP contribution >= 0.6 is 31.9 Å². The summed E-state index contributed by atoms with van der Waals surface area (Å²) in [5.74, 6) is -4.01. The van der Waals surface area contributed by atoms with Crippen molar-refractivity contribution in [1.29, 1.82) is 0 Å². The molecule has 1 spiro atoms. The molecule has 1 heterocycles. The van der Waals surface area contributed by atoms with E-state index >= 15 is 0 Å². The number of esters is 2. The number of rotatable bonds is 2. The van der Waals surface area contributed by atoms with Crippen molar-refractivity contribution in [3.63, 3.8) is 0 Å². The molecule has 4 rings (SSSR count). The van der Waals surface area contributed by atoms with Crippen molar-refractivity contribution in [1.82, 2.24) is 0 Å². The number of ether oxygens (including phenoxy) is 2. The standard InChI is InChI=1S/C23H20Br2O5/c1-22(2)29-20(27)23(21(28)30-22)18(13-3-7-15(24)8-4-13)11-17(26)12-19(23)14-5-9-16(25)10-6-14/h3-10,18-19H,11-12H2,1-2H3/t18-,19+. The van der Waals surface area contributed by atoms with Gasteiger partial charge in [-0.1, -0.05) is 56.1 Å². The lowest BCUT2D eigenvalue weighted by atomic mass is 9.55. The van der Waals surface area contributed by atoms with Crippen molar-refractivity contribution in [3.05, 3.63) is 68.6 Å². The SMILES string of the molecule is CC1(C)OC(=O)C2(C(=O)O1)[C@@H](c1ccc(Br)cc1)CC(=O)C[C@H]2c1ccc(Br)cc1. The Kier molecular flexibility index (Phi) is 5.39. The second-order valence-corrected chi connectivity index (χ2v) is 10.0. The number of halogens is 2. The van der Waals surface area contributed by atoms with E-state index in [1.165, 1.54) is 13.8 Å². The molecular formula is C23H20Br2O5. The summed E-state index contributed by atoms with van der Waals surface area (Å²) in [6, 6.07) is 14.6. The maximum Gasteiger partial charge on any atom is 0.328 e. The third-order valence-corrected chi connectivity index (χ3v) is 6.92. The van der Waals surface area contributed by atoms with Crippen molar-refractivity contribution >= 4 is 49.6 Å². The van der Waals surface area contributed by atoms with E-state index in [2.05, 4.69) is 31.9 Å². The van der Waals surface area contributed by atoms with Gasteiger partial charge in [-0.3, -0.25) is 14.4 Å². The van der Waals surface area contributed by atoms with Gasteiger partial charge in [0.15, 0.2) is 5.41 Å². The van der Waals surface area contributed by atoms with Crippen molar-refractivity contribution in [3.8, 4) is 0 Å². The third kappa shape index (κ3) is 3.52. The molecule has 2 fully saturated rings. The number of hydrogen-bond donors (Lipinski definition) is 0. The van der Waals surface area contributed by atoms with Gasteiger partial charge < -0.3 is 9.47 Å². The van der Waals surface area contributed by atoms with Crippen LogP contribution in [0.1, 0.15) is 49.7 Å². The molecule has 1 aliphatic carbocycles. The number of ketones is 1. The second-order valence-electron chi connectivity index (χ2n) is 8.20. The Morgan fingerprint density at radius 2 is 1.10 bits per heavy atom. The smallest absolute Gasteiger partial charge is 0.328 e. The molecule has 0 unspecified atom stereocenters. The Balaban J connectivity index is 1.93. The largest absolute Gasteiger partial charge is 0.422 e. The fourth-order valence-electron chi connectivity index (χ4n) is 4.54. The van der Waals surface area contributed by atoms with Crippen molar-refractivity contribution in [2.24, 2.45) is 5.41 Å². The highest BCUT2D eigenvalue weighted by Gasteiger charge is 2.67. The first-order valence-corrected chi connectivity index (χ1v) is 11.2. The monoisotopic (exact) mass is 534 g/mol. The van der Waals surface area contributed by atoms with Crippen molar-refractivity contribution in [2.45, 2.75) is 44.3 Å². The Morgan fingerprint density at radius 3 is 1.47 bits per heavy atom. The van der Waals surface area contributed by atoms with Crippen molar-refractivity contribution < 1.29 is 23.9 Å². The zero-order chi connectivity index (χ0) is 21.7. The predicted molar refractivity (Wildman–Crippen MR) is 117 cm³/mol. The Hall–Kier alpha value is -1.99. The fourth-order valence-corrected chi connectivity index (χ4v) is 5.07. The van der Waals surface area contributed by atoms with Crippen LogP contribution < -0.4 is 0 Å². The number of benzene rings is 2. The van der Waals surface area contributed by atoms with Crippen LogP contribution in [0.15, 0.2) is 57.5 Å². The minimum atomic E-state index is -1.63. The predicted octanol–water partition coefficient (Wildman–Crippen LogP) is 5.26. The molecule has 2 atom stereocenters. The van der Waals surface area contributed by atoms with Crippen molar-refractivity contribution in [2.75, 3.05) is 0 Å². The molecule has 1 saturated carbocycles. The summed E-state index contributed by atoms with van der Waals surface area (Å²) >= 11 is 6.82. The molecule has 30 heavy (non-hydrogen) atoms. The third-order valence-electron chi connectivity index (χ3n) is 5.86. The molecule has 0 N–H and O–H groups in total. The summed E-state index contributed by atoms with van der Waals surface area (Å²) in [7, 11) is 0. The zero-order valence-corrected chi connectivity index (χ0v) is 19.7. The van der Waals surface area contributed by atoms with Crippen LogP contribution in [0.4, 0.5) is 0 Å². The van der Waals surface area contributed by atoms with E-state index in [0.29, 0.717) is 0 Å². The van der Waals surface area contributed by atoms with Gasteiger partial charge in [-0.25, -0.2) is 0 Å². The van der Waals surface area contributed by atoms with E-state index in [4.69, 9.17) is 9.47 Å². The van der Waals surface area contributed by atoms with E-state index in [-0.39, 0.29) is 18.6 Å². The van der Waals surface area contributed by atoms with Crippen LogP contribution in [0, 0.1) is 5.41 Å². The molecule has 0 aromatic heterocycles. The topological polar surface area (TPSA) is 69.7 Å². The van der Waals surface area contributed by atoms with Gasteiger partial charge in [0.2, 0.25) is 0 Å². The molecule has 5 nitrogen and oxygen atoms in total. The van der Waals surface area contributed by atoms with Crippen LogP contribution in [-0.4, -0.2) is 23.5 Å². The Morgan fingerprint density at radius 1 is 0.733 bits per heavy atom. The van der Waals surface area contributed by atoms with Gasteiger partial charge in [-0.2, -0.15) is 0 Å². The quantitative estimate of drug-likeness (QED) is 0.387. The lowest BCUT2D eigenvalue weighted by Gasteiger charge is -2.49. The maximum atomic E-state index is 13.6. The first-order chi connectivity index (χ1) is 14.1. The number of cyclic esters (lactones) is 2. The molecule has 0 bridgehead atoms. The molecule has 2 aliphatic rings. The first-order valence-electron chi connectivity index (χ1n) is 9.63. The summed E-state index contributed by atoms with van der Waals surface area (Å²) in [6.07, 6.45) is 0.137. The van der Waals surface area contributed by atoms with Gasteiger partial charge >= 0.3 is 11.9 Å². The lowest BCUT2D eigenvalue weighted by molar-refractivity contribution is -0.256. The molecule has 0 amide bonds. The molecule has 2 aromatic rings. The van der Waals surface area contributed by atoms with E-state index < -0.39 is 35.0 Å². The Labute approximate surface area is 191 Å². The van der Waals surface area contributed by atoms with Crippen LogP contribution in [0.2, 0.25) is 0 Å². The minimum Gasteiger partial charge on any atom is -0.422 e. The van der Waals surface area contributed by atoms with E-state index in [1.807, 2.05) is 48.5 Å². The van der Waals surface area contributed by atoms with Gasteiger partial charge in [0.25, 0.3) is 5.79 Å². The van der Waals surface area contributed by atoms with Gasteiger partial charge in [-0.05, 0) is 35.4 Å². The summed E-state index contributed by atoms with van der Waals surface area (Å²) in [6.45, 7) is 3.07. The highest BCUT2D eigenvalue weighted by molar-refractivity contribution is 9.10. The molecule has 7 heteroatoms. The van der Waals surface area contributed by atoms with Crippen LogP contribution in [0.25, 0.3) is 0 Å². The number of hydrogen-bond acceptors (Lipinski definition) is 5. The molecular weight excluding hydrogens is 516 g/mol. The summed E-state index contributed by atoms with van der Waals surface area (Å²) in [5.41, 5.74) is -0.186. The zero-order valence-electron chi connectivity index (χ0n) is 16.5. The molecule has 2 aromatic carbocycles. The summed E-state index contributed by atoms with van der Waals surface area (Å²) < 4.78 is 12.9. The first kappa shape index (κ1) is 21.2. The van der Waals surface area contributed by atoms with Crippen LogP contribution in [0.3, 0.4) is 0 Å². The van der Waals surface area contributed by atoms with E-state index in [1.54, 1.807) is 0 Å². The average Bonchev–Trinajstić information content (AvgIpc) is 2.66. The molecule has 1 saturated heterocycles. The lowest BCUT2D eigenvalue weighted by Crippen LogP contribution is -2.61. The molecule has 1 aliphatic heterocycles. The van der Waals surface area contributed by atoms with Crippen LogP contribution in [-0.2, 0) is 23.9 Å². The van der Waals surface area contributed by atoms with Gasteiger partial charge in [-0.15, -0.1) is 0 Å². The number of Topliss-reactive ketones (excluding diaryl/α,β-unsaturated/α-hetero) is 1.